The third-order valence-electron chi connectivity index (χ3n) is 3.64. The summed E-state index contributed by atoms with van der Waals surface area (Å²) < 4.78 is 0. The summed E-state index contributed by atoms with van der Waals surface area (Å²) in [6, 6.07) is 6.87. The molecule has 0 bridgehead atoms. The van der Waals surface area contributed by atoms with Crippen molar-refractivity contribution in [2.45, 2.75) is 26.3 Å². The summed E-state index contributed by atoms with van der Waals surface area (Å²) in [6.07, 6.45) is 0.329. The molecule has 1 atom stereocenters. The Bertz CT molecular complexity index is 514. The van der Waals surface area contributed by atoms with Crippen LogP contribution in [0, 0.1) is 0 Å². The molecule has 0 saturated carbocycles. The summed E-state index contributed by atoms with van der Waals surface area (Å²) in [6.45, 7) is 5.67. The van der Waals surface area contributed by atoms with E-state index in [0.717, 1.165) is 5.69 Å². The van der Waals surface area contributed by atoms with E-state index in [1.165, 1.54) is 0 Å². The molecule has 1 heterocycles. The number of rotatable bonds is 4. The van der Waals surface area contributed by atoms with Crippen LogP contribution in [0.4, 0.5) is 10.5 Å². The van der Waals surface area contributed by atoms with E-state index in [9.17, 15) is 9.59 Å². The highest BCUT2D eigenvalue weighted by molar-refractivity contribution is 6.30. The summed E-state index contributed by atoms with van der Waals surface area (Å²) in [5.74, 6) is 0.0159. The molecule has 21 heavy (non-hydrogen) atoms. The van der Waals surface area contributed by atoms with Crippen molar-refractivity contribution in [2.75, 3.05) is 24.5 Å². The molecule has 1 fully saturated rings. The quantitative estimate of drug-likeness (QED) is 0.929. The molecule has 1 aliphatic rings. The highest BCUT2D eigenvalue weighted by Crippen LogP contribution is 2.23. The lowest BCUT2D eigenvalue weighted by atomic mass is 10.2. The van der Waals surface area contributed by atoms with Crippen molar-refractivity contribution in [1.82, 2.24) is 10.2 Å². The van der Waals surface area contributed by atoms with Crippen LogP contribution in [0.1, 0.15) is 20.3 Å². The number of benzene rings is 1. The molecular weight excluding hydrogens is 290 g/mol. The fourth-order valence-corrected chi connectivity index (χ4v) is 2.58. The van der Waals surface area contributed by atoms with Crippen molar-refractivity contribution in [1.29, 1.82) is 0 Å². The number of amides is 3. The molecule has 0 aromatic heterocycles. The van der Waals surface area contributed by atoms with Gasteiger partial charge in [-0.05, 0) is 38.1 Å². The SMILES string of the molecule is CCN(CC)C(=O)NC1CC(=O)N(c2ccc(Cl)cc2)C1. The first-order valence-electron chi connectivity index (χ1n) is 7.16. The Labute approximate surface area is 129 Å². The topological polar surface area (TPSA) is 52.7 Å². The van der Waals surface area contributed by atoms with Crippen LogP contribution in [0.2, 0.25) is 5.02 Å². The molecule has 5 nitrogen and oxygen atoms in total. The minimum absolute atomic E-state index is 0.0159. The van der Waals surface area contributed by atoms with E-state index in [0.29, 0.717) is 31.1 Å². The number of halogens is 1. The maximum Gasteiger partial charge on any atom is 0.317 e. The largest absolute Gasteiger partial charge is 0.333 e. The Hall–Kier alpha value is -1.75. The van der Waals surface area contributed by atoms with Crippen LogP contribution in [-0.4, -0.2) is 42.5 Å². The summed E-state index contributed by atoms with van der Waals surface area (Å²) in [5, 5.41) is 3.56. The maximum atomic E-state index is 12.1. The van der Waals surface area contributed by atoms with Gasteiger partial charge in [-0.2, -0.15) is 0 Å². The van der Waals surface area contributed by atoms with Crippen molar-refractivity contribution in [3.05, 3.63) is 29.3 Å². The second kappa shape index (κ2) is 6.80. The number of urea groups is 1. The van der Waals surface area contributed by atoms with E-state index in [2.05, 4.69) is 5.32 Å². The molecule has 1 aromatic rings. The number of nitrogens with one attached hydrogen (secondary N) is 1. The molecule has 1 saturated heterocycles. The lowest BCUT2D eigenvalue weighted by Gasteiger charge is -2.22. The Morgan fingerprint density at radius 3 is 2.52 bits per heavy atom. The predicted octanol–water partition coefficient (Wildman–Crippen LogP) is 2.50. The van der Waals surface area contributed by atoms with Gasteiger partial charge in [0.25, 0.3) is 0 Å². The molecule has 114 valence electrons. The average Bonchev–Trinajstić information content (AvgIpc) is 2.81. The number of hydrogen-bond acceptors (Lipinski definition) is 2. The molecule has 0 radical (unpaired) electrons. The van der Waals surface area contributed by atoms with E-state index < -0.39 is 0 Å². The van der Waals surface area contributed by atoms with Gasteiger partial charge < -0.3 is 15.1 Å². The molecule has 2 rings (SSSR count). The molecule has 1 N–H and O–H groups in total. The van der Waals surface area contributed by atoms with E-state index in [4.69, 9.17) is 11.6 Å². The van der Waals surface area contributed by atoms with Crippen molar-refractivity contribution < 1.29 is 9.59 Å². The van der Waals surface area contributed by atoms with Crippen LogP contribution in [0.25, 0.3) is 0 Å². The smallest absolute Gasteiger partial charge is 0.317 e. The molecule has 6 heteroatoms. The molecule has 1 unspecified atom stereocenters. The third kappa shape index (κ3) is 3.67. The second-order valence-electron chi connectivity index (χ2n) is 5.00. The zero-order chi connectivity index (χ0) is 15.4. The zero-order valence-corrected chi connectivity index (χ0v) is 13.1. The first kappa shape index (κ1) is 15.6. The maximum absolute atomic E-state index is 12.1. The van der Waals surface area contributed by atoms with Crippen molar-refractivity contribution in [3.8, 4) is 0 Å². The monoisotopic (exact) mass is 309 g/mol. The standard InChI is InChI=1S/C15H20ClN3O2/c1-3-18(4-2)15(21)17-12-9-14(20)19(10-12)13-7-5-11(16)6-8-13/h5-8,12H,3-4,9-10H2,1-2H3,(H,17,21). The zero-order valence-electron chi connectivity index (χ0n) is 12.3. The second-order valence-corrected chi connectivity index (χ2v) is 5.44. The Morgan fingerprint density at radius 1 is 1.33 bits per heavy atom. The minimum Gasteiger partial charge on any atom is -0.333 e. The van der Waals surface area contributed by atoms with Gasteiger partial charge in [0.05, 0.1) is 6.04 Å². The lowest BCUT2D eigenvalue weighted by Crippen LogP contribution is -2.45. The van der Waals surface area contributed by atoms with Gasteiger partial charge in [-0.1, -0.05) is 11.6 Å². The van der Waals surface area contributed by atoms with Gasteiger partial charge >= 0.3 is 6.03 Å². The molecule has 1 aliphatic heterocycles. The van der Waals surface area contributed by atoms with Gasteiger partial charge in [0.1, 0.15) is 0 Å². The first-order chi connectivity index (χ1) is 10.0. The van der Waals surface area contributed by atoms with Crippen LogP contribution >= 0.6 is 11.6 Å². The molecule has 1 aromatic carbocycles. The van der Waals surface area contributed by atoms with Gasteiger partial charge in [-0.25, -0.2) is 4.79 Å². The summed E-state index contributed by atoms with van der Waals surface area (Å²) in [7, 11) is 0. The van der Waals surface area contributed by atoms with Crippen molar-refractivity contribution in [2.24, 2.45) is 0 Å². The third-order valence-corrected chi connectivity index (χ3v) is 3.89. The van der Waals surface area contributed by atoms with E-state index in [1.54, 1.807) is 21.9 Å². The highest BCUT2D eigenvalue weighted by Gasteiger charge is 2.32. The lowest BCUT2D eigenvalue weighted by molar-refractivity contribution is -0.117. The van der Waals surface area contributed by atoms with Crippen LogP contribution in [-0.2, 0) is 4.79 Å². The summed E-state index contributed by atoms with van der Waals surface area (Å²) in [5.41, 5.74) is 0.809. The number of carbonyl (C=O) groups is 2. The predicted molar refractivity (Wildman–Crippen MR) is 83.7 cm³/mol. The molecule has 3 amide bonds. The van der Waals surface area contributed by atoms with E-state index in [-0.39, 0.29) is 18.0 Å². The van der Waals surface area contributed by atoms with Gasteiger partial charge in [0.2, 0.25) is 5.91 Å². The number of anilines is 1. The average molecular weight is 310 g/mol. The van der Waals surface area contributed by atoms with E-state index in [1.807, 2.05) is 26.0 Å². The van der Waals surface area contributed by atoms with Gasteiger partial charge in [-0.15, -0.1) is 0 Å². The van der Waals surface area contributed by atoms with Gasteiger partial charge in [0, 0.05) is 36.8 Å². The minimum atomic E-state index is -0.152. The number of hydrogen-bond donors (Lipinski definition) is 1. The summed E-state index contributed by atoms with van der Waals surface area (Å²) >= 11 is 5.85. The fourth-order valence-electron chi connectivity index (χ4n) is 2.45. The van der Waals surface area contributed by atoms with Crippen LogP contribution in [0.5, 0.6) is 0 Å². The molecule has 0 spiro atoms. The summed E-state index contributed by atoms with van der Waals surface area (Å²) in [4.78, 5) is 27.5. The Balaban J connectivity index is 1.99. The van der Waals surface area contributed by atoms with E-state index >= 15 is 0 Å². The van der Waals surface area contributed by atoms with Crippen molar-refractivity contribution >= 4 is 29.2 Å². The molecular formula is C15H20ClN3O2. The normalized spacial score (nSPS) is 18.0. The van der Waals surface area contributed by atoms with Gasteiger partial charge in [-0.3, -0.25) is 4.79 Å². The van der Waals surface area contributed by atoms with Crippen LogP contribution in [0.15, 0.2) is 24.3 Å². The fraction of sp³-hybridized carbons (Fsp3) is 0.467. The molecule has 0 aliphatic carbocycles. The number of nitrogens with zero attached hydrogens (tertiary/aromatic N) is 2. The Morgan fingerprint density at radius 2 is 1.95 bits per heavy atom. The van der Waals surface area contributed by atoms with Gasteiger partial charge in [0.15, 0.2) is 0 Å². The van der Waals surface area contributed by atoms with Crippen LogP contribution < -0.4 is 10.2 Å². The van der Waals surface area contributed by atoms with Crippen molar-refractivity contribution in [3.63, 3.8) is 0 Å². The number of carbonyl (C=O) groups excluding carboxylic acids is 2. The highest BCUT2D eigenvalue weighted by atomic mass is 35.5. The Kier molecular flexibility index (Phi) is 5.07. The van der Waals surface area contributed by atoms with Crippen LogP contribution in [0.3, 0.4) is 0 Å². The first-order valence-corrected chi connectivity index (χ1v) is 7.54.